The molecule has 0 aliphatic carbocycles. The fraction of sp³-hybridized carbons (Fsp3) is 0.545. The summed E-state index contributed by atoms with van der Waals surface area (Å²) < 4.78 is 11.2. The van der Waals surface area contributed by atoms with Crippen LogP contribution in [0, 0.1) is 0 Å². The predicted molar refractivity (Wildman–Crippen MR) is 65.6 cm³/mol. The van der Waals surface area contributed by atoms with Gasteiger partial charge in [-0.1, -0.05) is 0 Å². The van der Waals surface area contributed by atoms with Crippen molar-refractivity contribution in [3.63, 3.8) is 0 Å². The monoisotopic (exact) mass is 263 g/mol. The number of hydrogen-bond acceptors (Lipinski definition) is 5. The van der Waals surface area contributed by atoms with E-state index in [0.29, 0.717) is 6.54 Å². The fourth-order valence-electron chi connectivity index (χ4n) is 1.40. The molecule has 1 aromatic heterocycles. The van der Waals surface area contributed by atoms with Gasteiger partial charge in [-0.3, -0.25) is 4.68 Å². The Bertz CT molecular complexity index is 417. The van der Waals surface area contributed by atoms with Gasteiger partial charge in [0.25, 0.3) is 0 Å². The van der Waals surface area contributed by atoms with Crippen molar-refractivity contribution in [1.29, 1.82) is 0 Å². The molecule has 0 aliphatic rings. The minimum atomic E-state index is -0.560. The van der Waals surface area contributed by atoms with E-state index in [1.54, 1.807) is 13.8 Å². The molecule has 7 heteroatoms. The summed E-state index contributed by atoms with van der Waals surface area (Å²) in [5.74, 6) is -1.12. The minimum Gasteiger partial charge on any atom is -0.462 e. The molecule has 0 aliphatic heterocycles. The summed E-state index contributed by atoms with van der Waals surface area (Å²) in [7, 11) is 0. The van der Waals surface area contributed by atoms with Gasteiger partial charge in [0.05, 0.1) is 19.4 Å². The first-order valence-corrected chi connectivity index (χ1v) is 5.55. The van der Waals surface area contributed by atoms with Crippen LogP contribution in [0.25, 0.3) is 0 Å². The molecule has 0 unspecified atom stereocenters. The minimum absolute atomic E-state index is 0. The average molecular weight is 263 g/mol. The van der Waals surface area contributed by atoms with Crippen molar-refractivity contribution < 1.29 is 19.1 Å². The molecule has 1 aromatic rings. The second kappa shape index (κ2) is 8.29. The maximum Gasteiger partial charge on any atom is 0.357 e. The van der Waals surface area contributed by atoms with E-state index >= 15 is 0 Å². The van der Waals surface area contributed by atoms with Crippen LogP contribution in [-0.4, -0.2) is 64.5 Å². The van der Waals surface area contributed by atoms with Gasteiger partial charge in [0.15, 0.2) is 5.69 Å². The van der Waals surface area contributed by atoms with E-state index in [2.05, 4.69) is 5.10 Å². The third kappa shape index (κ3) is 3.83. The molecule has 6 nitrogen and oxygen atoms in total. The fourth-order valence-corrected chi connectivity index (χ4v) is 1.40. The van der Waals surface area contributed by atoms with Gasteiger partial charge in [0, 0.05) is 36.1 Å². The summed E-state index contributed by atoms with van der Waals surface area (Å²) in [5, 5.41) is 3.96. The first kappa shape index (κ1) is 17.2. The molecule has 1 radical (unpaired) electrons. The Morgan fingerprint density at radius 1 is 1.17 bits per heavy atom. The quantitative estimate of drug-likeness (QED) is 0.582. The summed E-state index contributed by atoms with van der Waals surface area (Å²) in [4.78, 5) is 23.3. The third-order valence-electron chi connectivity index (χ3n) is 2.10. The molecule has 0 atom stereocenters. The first-order valence-electron chi connectivity index (χ1n) is 5.55. The van der Waals surface area contributed by atoms with Crippen LogP contribution in [0.4, 0.5) is 0 Å². The summed E-state index contributed by atoms with van der Waals surface area (Å²) in [5.41, 5.74) is 0.292. The van der Waals surface area contributed by atoms with Crippen LogP contribution in [0.2, 0.25) is 0 Å². The van der Waals surface area contributed by atoms with E-state index in [1.807, 2.05) is 6.92 Å². The largest absolute Gasteiger partial charge is 0.462 e. The number of hydrogen-bond donors (Lipinski definition) is 0. The third-order valence-corrected chi connectivity index (χ3v) is 2.10. The Labute approximate surface area is 128 Å². The zero-order chi connectivity index (χ0) is 12.8. The van der Waals surface area contributed by atoms with Crippen LogP contribution < -0.4 is 0 Å². The van der Waals surface area contributed by atoms with E-state index in [0.717, 1.165) is 0 Å². The van der Waals surface area contributed by atoms with E-state index in [9.17, 15) is 9.59 Å². The smallest absolute Gasteiger partial charge is 0.357 e. The standard InChI is InChI=1S/C11H16N2O4.Na/c1-4-13-9(11(15)17-6-3)8(7-12-13)10(14)16-5-2;/h7H,4-6H2,1-3H3;. The molecule has 0 spiro atoms. The number of esters is 2. The van der Waals surface area contributed by atoms with Crippen LogP contribution >= 0.6 is 0 Å². The van der Waals surface area contributed by atoms with Gasteiger partial charge in [-0.25, -0.2) is 9.59 Å². The van der Waals surface area contributed by atoms with Crippen LogP contribution in [-0.2, 0) is 16.0 Å². The van der Waals surface area contributed by atoms with Crippen molar-refractivity contribution in [1.82, 2.24) is 9.78 Å². The number of rotatable bonds is 5. The number of ether oxygens (including phenoxy) is 2. The first-order chi connectivity index (χ1) is 8.15. The summed E-state index contributed by atoms with van der Waals surface area (Å²) in [6.07, 6.45) is 1.33. The van der Waals surface area contributed by atoms with Gasteiger partial charge in [-0.05, 0) is 20.8 Å². The normalized spacial score (nSPS) is 9.50. The van der Waals surface area contributed by atoms with Gasteiger partial charge in [0.1, 0.15) is 5.56 Å². The van der Waals surface area contributed by atoms with Crippen LogP contribution in [0.5, 0.6) is 0 Å². The van der Waals surface area contributed by atoms with Crippen molar-refractivity contribution in [3.8, 4) is 0 Å². The number of carbonyl (C=O) groups excluding carboxylic acids is 2. The van der Waals surface area contributed by atoms with Crippen LogP contribution in [0.3, 0.4) is 0 Å². The number of aryl methyl sites for hydroxylation is 1. The molecule has 0 N–H and O–H groups in total. The molecule has 1 heterocycles. The maximum atomic E-state index is 11.7. The van der Waals surface area contributed by atoms with Gasteiger partial charge in [-0.15, -0.1) is 0 Å². The molecule has 0 fully saturated rings. The number of carbonyl (C=O) groups is 2. The topological polar surface area (TPSA) is 70.4 Å². The summed E-state index contributed by atoms with van der Waals surface area (Å²) in [6.45, 7) is 6.20. The van der Waals surface area contributed by atoms with Gasteiger partial charge in [-0.2, -0.15) is 5.10 Å². The number of nitrogens with zero attached hydrogens (tertiary/aromatic N) is 2. The molecular formula is C11H16N2NaO4. The Balaban J connectivity index is 0.00000289. The van der Waals surface area contributed by atoms with Crippen molar-refractivity contribution in [2.24, 2.45) is 0 Å². The maximum absolute atomic E-state index is 11.7. The van der Waals surface area contributed by atoms with Crippen LogP contribution in [0.15, 0.2) is 6.20 Å². The van der Waals surface area contributed by atoms with Crippen LogP contribution in [0.1, 0.15) is 41.6 Å². The van der Waals surface area contributed by atoms with Gasteiger partial charge < -0.3 is 9.47 Å². The van der Waals surface area contributed by atoms with Crippen molar-refractivity contribution in [2.45, 2.75) is 27.3 Å². The Morgan fingerprint density at radius 3 is 2.22 bits per heavy atom. The van der Waals surface area contributed by atoms with E-state index in [1.165, 1.54) is 10.9 Å². The van der Waals surface area contributed by atoms with E-state index in [-0.39, 0.29) is 54.0 Å². The van der Waals surface area contributed by atoms with Gasteiger partial charge in [0.2, 0.25) is 0 Å². The second-order valence-electron chi connectivity index (χ2n) is 3.16. The second-order valence-corrected chi connectivity index (χ2v) is 3.16. The predicted octanol–water partition coefficient (Wildman–Crippen LogP) is 0.876. The number of aromatic nitrogens is 2. The molecule has 0 saturated carbocycles. The zero-order valence-electron chi connectivity index (χ0n) is 11.2. The zero-order valence-corrected chi connectivity index (χ0v) is 13.2. The van der Waals surface area contributed by atoms with Crippen molar-refractivity contribution >= 4 is 41.5 Å². The SMILES string of the molecule is CCOC(=O)c1cnn(CC)c1C(=O)OCC.[Na]. The van der Waals surface area contributed by atoms with Gasteiger partial charge >= 0.3 is 11.9 Å². The molecule has 0 amide bonds. The summed E-state index contributed by atoms with van der Waals surface area (Å²) in [6, 6.07) is 0. The molecule has 1 rings (SSSR count). The Morgan fingerprint density at radius 2 is 1.72 bits per heavy atom. The van der Waals surface area contributed by atoms with Crippen molar-refractivity contribution in [3.05, 3.63) is 17.5 Å². The van der Waals surface area contributed by atoms with E-state index < -0.39 is 11.9 Å². The Hall–Kier alpha value is -0.850. The average Bonchev–Trinajstić information content (AvgIpc) is 2.73. The molecule has 95 valence electrons. The molecule has 0 aromatic carbocycles. The molecule has 0 saturated heterocycles. The molecular weight excluding hydrogens is 247 g/mol. The molecule has 18 heavy (non-hydrogen) atoms. The molecule has 0 bridgehead atoms. The van der Waals surface area contributed by atoms with E-state index in [4.69, 9.17) is 9.47 Å². The Kier molecular flexibility index (Phi) is 7.90. The summed E-state index contributed by atoms with van der Waals surface area (Å²) >= 11 is 0. The van der Waals surface area contributed by atoms with Crippen molar-refractivity contribution in [2.75, 3.05) is 13.2 Å².